The van der Waals surface area contributed by atoms with Crippen molar-refractivity contribution in [3.05, 3.63) is 45.5 Å². The summed E-state index contributed by atoms with van der Waals surface area (Å²) in [6.07, 6.45) is 3.26. The summed E-state index contributed by atoms with van der Waals surface area (Å²) >= 11 is 3.19. The lowest BCUT2D eigenvalue weighted by Gasteiger charge is -2.01. The maximum Gasteiger partial charge on any atom is 0.360 e. The van der Waals surface area contributed by atoms with E-state index in [9.17, 15) is 4.79 Å². The van der Waals surface area contributed by atoms with Crippen LogP contribution in [0.5, 0.6) is 0 Å². The standard InChI is InChI=1S/C10H7BrN2O2/c11-7-4-8(15-10(14)9(7)12)6-2-1-3-13-5-6/h1-5H,12H2. The number of rotatable bonds is 1. The zero-order valence-electron chi connectivity index (χ0n) is 7.61. The minimum Gasteiger partial charge on any atom is -0.421 e. The van der Waals surface area contributed by atoms with Crippen LogP contribution in [0.4, 0.5) is 5.69 Å². The monoisotopic (exact) mass is 266 g/mol. The molecule has 2 rings (SSSR count). The second kappa shape index (κ2) is 3.86. The van der Waals surface area contributed by atoms with Crippen LogP contribution in [0.25, 0.3) is 11.3 Å². The molecule has 0 radical (unpaired) electrons. The number of anilines is 1. The summed E-state index contributed by atoms with van der Waals surface area (Å²) in [5.74, 6) is 0.439. The number of hydrogen-bond donors (Lipinski definition) is 1. The maximum absolute atomic E-state index is 11.3. The van der Waals surface area contributed by atoms with Crippen molar-refractivity contribution in [3.8, 4) is 11.3 Å². The van der Waals surface area contributed by atoms with E-state index in [1.165, 1.54) is 0 Å². The summed E-state index contributed by atoms with van der Waals surface area (Å²) in [5.41, 5.74) is 5.71. The molecule has 4 nitrogen and oxygen atoms in total. The molecule has 2 heterocycles. The molecule has 0 fully saturated rings. The minimum atomic E-state index is -0.553. The van der Waals surface area contributed by atoms with Gasteiger partial charge in [-0.15, -0.1) is 0 Å². The molecule has 15 heavy (non-hydrogen) atoms. The van der Waals surface area contributed by atoms with Crippen LogP contribution >= 0.6 is 15.9 Å². The number of halogens is 1. The van der Waals surface area contributed by atoms with Crippen molar-refractivity contribution in [3.63, 3.8) is 0 Å². The van der Waals surface area contributed by atoms with Crippen LogP contribution in [-0.2, 0) is 0 Å². The highest BCUT2D eigenvalue weighted by atomic mass is 79.9. The third kappa shape index (κ3) is 1.92. The van der Waals surface area contributed by atoms with E-state index in [-0.39, 0.29) is 5.69 Å². The molecule has 0 atom stereocenters. The van der Waals surface area contributed by atoms with Crippen molar-refractivity contribution >= 4 is 21.6 Å². The second-order valence-corrected chi connectivity index (χ2v) is 3.76. The van der Waals surface area contributed by atoms with Crippen LogP contribution < -0.4 is 11.4 Å². The van der Waals surface area contributed by atoms with Gasteiger partial charge in [0.25, 0.3) is 0 Å². The SMILES string of the molecule is Nc1c(Br)cc(-c2cccnc2)oc1=O. The van der Waals surface area contributed by atoms with Gasteiger partial charge in [-0.2, -0.15) is 0 Å². The Kier molecular flexibility index (Phi) is 2.55. The lowest BCUT2D eigenvalue weighted by atomic mass is 10.2. The summed E-state index contributed by atoms with van der Waals surface area (Å²) in [6.45, 7) is 0. The Balaban J connectivity index is 2.61. The third-order valence-electron chi connectivity index (χ3n) is 1.88. The van der Waals surface area contributed by atoms with Gasteiger partial charge < -0.3 is 10.2 Å². The smallest absolute Gasteiger partial charge is 0.360 e. The van der Waals surface area contributed by atoms with Gasteiger partial charge in [-0.3, -0.25) is 4.98 Å². The van der Waals surface area contributed by atoms with E-state index in [4.69, 9.17) is 10.2 Å². The molecule has 2 aromatic rings. The number of nitrogen functional groups attached to an aromatic ring is 1. The second-order valence-electron chi connectivity index (χ2n) is 2.90. The van der Waals surface area contributed by atoms with Crippen LogP contribution in [0.3, 0.4) is 0 Å². The topological polar surface area (TPSA) is 69.1 Å². The first kappa shape index (κ1) is 9.92. The predicted octanol–water partition coefficient (Wildman–Crippen LogP) is 2.05. The molecule has 2 N–H and O–H groups in total. The summed E-state index contributed by atoms with van der Waals surface area (Å²) in [6, 6.07) is 5.21. The zero-order chi connectivity index (χ0) is 10.8. The summed E-state index contributed by atoms with van der Waals surface area (Å²) in [7, 11) is 0. The molecule has 2 aromatic heterocycles. The first-order chi connectivity index (χ1) is 7.18. The highest BCUT2D eigenvalue weighted by molar-refractivity contribution is 9.10. The molecule has 0 aliphatic carbocycles. The Morgan fingerprint density at radius 1 is 1.47 bits per heavy atom. The van der Waals surface area contributed by atoms with Gasteiger partial charge in [0.05, 0.1) is 4.47 Å². The molecule has 0 aromatic carbocycles. The molecular weight excluding hydrogens is 260 g/mol. The van der Waals surface area contributed by atoms with Crippen molar-refractivity contribution in [2.75, 3.05) is 5.73 Å². The first-order valence-electron chi connectivity index (χ1n) is 4.18. The molecule has 76 valence electrons. The molecular formula is C10H7BrN2O2. The van der Waals surface area contributed by atoms with Gasteiger partial charge in [0.1, 0.15) is 11.4 Å². The fraction of sp³-hybridized carbons (Fsp3) is 0. The molecule has 0 unspecified atom stereocenters. The quantitative estimate of drug-likeness (QED) is 0.858. The molecule has 0 saturated heterocycles. The van der Waals surface area contributed by atoms with E-state index in [1.807, 2.05) is 0 Å². The summed E-state index contributed by atoms with van der Waals surface area (Å²) in [5, 5.41) is 0. The molecule has 5 heteroatoms. The summed E-state index contributed by atoms with van der Waals surface area (Å²) < 4.78 is 5.55. The van der Waals surface area contributed by atoms with Crippen molar-refractivity contribution < 1.29 is 4.42 Å². The van der Waals surface area contributed by atoms with Crippen LogP contribution in [0.1, 0.15) is 0 Å². The number of hydrogen-bond acceptors (Lipinski definition) is 4. The van der Waals surface area contributed by atoms with E-state index in [2.05, 4.69) is 20.9 Å². The average molecular weight is 267 g/mol. The molecule has 0 amide bonds. The zero-order valence-corrected chi connectivity index (χ0v) is 9.19. The predicted molar refractivity (Wildman–Crippen MR) is 60.3 cm³/mol. The Labute approximate surface area is 93.9 Å². The Bertz CT molecular complexity index is 537. The minimum absolute atomic E-state index is 0.0719. The van der Waals surface area contributed by atoms with Crippen LogP contribution in [0.2, 0.25) is 0 Å². The van der Waals surface area contributed by atoms with E-state index >= 15 is 0 Å². The lowest BCUT2D eigenvalue weighted by Crippen LogP contribution is -2.07. The maximum atomic E-state index is 11.3. The highest BCUT2D eigenvalue weighted by Crippen LogP contribution is 2.23. The number of pyridine rings is 1. The van der Waals surface area contributed by atoms with Gasteiger partial charge in [0, 0.05) is 18.0 Å². The van der Waals surface area contributed by atoms with Gasteiger partial charge in [0.2, 0.25) is 0 Å². The van der Waals surface area contributed by atoms with E-state index in [0.717, 1.165) is 5.56 Å². The third-order valence-corrected chi connectivity index (χ3v) is 2.54. The Morgan fingerprint density at radius 2 is 2.27 bits per heavy atom. The Hall–Kier alpha value is -1.62. The van der Waals surface area contributed by atoms with Gasteiger partial charge in [0.15, 0.2) is 0 Å². The van der Waals surface area contributed by atoms with Gasteiger partial charge in [-0.1, -0.05) is 0 Å². The van der Waals surface area contributed by atoms with Crippen LogP contribution in [-0.4, -0.2) is 4.98 Å². The highest BCUT2D eigenvalue weighted by Gasteiger charge is 2.07. The molecule has 0 aliphatic heterocycles. The van der Waals surface area contributed by atoms with Crippen molar-refractivity contribution in [1.82, 2.24) is 4.98 Å². The lowest BCUT2D eigenvalue weighted by molar-refractivity contribution is 0.528. The van der Waals surface area contributed by atoms with E-state index < -0.39 is 5.63 Å². The number of nitrogens with two attached hydrogens (primary N) is 1. The fourth-order valence-corrected chi connectivity index (χ4v) is 1.50. The van der Waals surface area contributed by atoms with Gasteiger partial charge in [-0.25, -0.2) is 4.79 Å². The first-order valence-corrected chi connectivity index (χ1v) is 4.97. The Morgan fingerprint density at radius 3 is 2.87 bits per heavy atom. The number of aromatic nitrogens is 1. The van der Waals surface area contributed by atoms with E-state index in [0.29, 0.717) is 10.2 Å². The summed E-state index contributed by atoms with van der Waals surface area (Å²) in [4.78, 5) is 15.2. The largest absolute Gasteiger partial charge is 0.421 e. The molecule has 0 saturated carbocycles. The number of nitrogens with zero attached hydrogens (tertiary/aromatic N) is 1. The fourth-order valence-electron chi connectivity index (χ4n) is 1.13. The average Bonchev–Trinajstić information content (AvgIpc) is 2.26. The molecule has 0 bridgehead atoms. The van der Waals surface area contributed by atoms with Gasteiger partial charge in [-0.05, 0) is 34.1 Å². The van der Waals surface area contributed by atoms with Gasteiger partial charge >= 0.3 is 5.63 Å². The normalized spacial score (nSPS) is 10.2. The van der Waals surface area contributed by atoms with Crippen LogP contribution in [0, 0.1) is 0 Å². The van der Waals surface area contributed by atoms with Crippen molar-refractivity contribution in [1.29, 1.82) is 0 Å². The molecule has 0 aliphatic rings. The van der Waals surface area contributed by atoms with Crippen LogP contribution in [0.15, 0.2) is 44.3 Å². The molecule has 0 spiro atoms. The van der Waals surface area contributed by atoms with Crippen molar-refractivity contribution in [2.45, 2.75) is 0 Å². The van der Waals surface area contributed by atoms with E-state index in [1.54, 1.807) is 30.6 Å². The van der Waals surface area contributed by atoms with Crippen molar-refractivity contribution in [2.24, 2.45) is 0 Å².